The van der Waals surface area contributed by atoms with Crippen LogP contribution in [0.15, 0.2) is 205 Å². The van der Waals surface area contributed by atoms with Crippen molar-refractivity contribution >= 4 is 53.4 Å². The predicted octanol–water partition coefficient (Wildman–Crippen LogP) is 15.4. The molecule has 0 amide bonds. The highest BCUT2D eigenvalue weighted by molar-refractivity contribution is 7.25. The summed E-state index contributed by atoms with van der Waals surface area (Å²) in [5.74, 6) is 0. The molecule has 0 bridgehead atoms. The van der Waals surface area contributed by atoms with Crippen molar-refractivity contribution in [3.05, 3.63) is 200 Å². The number of hydrogen-bond acceptors (Lipinski definition) is 3. The van der Waals surface area contributed by atoms with Crippen LogP contribution in [0.2, 0.25) is 0 Å². The second-order valence-electron chi connectivity index (χ2n) is 14.4. The van der Waals surface area contributed by atoms with Gasteiger partial charge in [0.05, 0.1) is 6.20 Å². The summed E-state index contributed by atoms with van der Waals surface area (Å²) in [6.07, 6.45) is 3.60. The molecule has 0 unspecified atom stereocenters. The quantitative estimate of drug-likeness (QED) is 0.170. The fraction of sp³-hybridized carbons (Fsp3) is 0. The Morgan fingerprint density at radius 3 is 1.25 bits per heavy atom. The maximum Gasteiger partial charge on any atom is 0.153 e. The molecule has 11 rings (SSSR count). The molecule has 0 N–H and O–H groups in total. The summed E-state index contributed by atoms with van der Waals surface area (Å²) in [4.78, 5) is 4.23. The number of rotatable bonds is 6. The first-order valence-electron chi connectivity index (χ1n) is 18.9. The minimum atomic E-state index is 0.810. The molecule has 0 spiro atoms. The average molecular weight is 732 g/mol. The molecule has 0 aliphatic heterocycles. The Balaban J connectivity index is 0.886. The molecule has 11 aromatic rings. The molecular weight excluding hydrogens is 699 g/mol. The number of nitrogens with zero attached hydrogens (tertiary/aromatic N) is 1. The standard InChI is InChI=1S/C53H33NOS/c1-2-19-52-47(18-1)49-32-45(21-23-53(49)56-52)43-17-7-15-41(30-43)39-13-5-11-37(28-39)35-9-3-8-34(26-35)36-10-4-12-38(27-36)40-14-6-16-42(29-40)44-20-22-50-48(31-44)46-24-25-54-33-51(46)55-50/h1-33H. The van der Waals surface area contributed by atoms with Crippen LogP contribution < -0.4 is 0 Å². The minimum Gasteiger partial charge on any atom is -0.454 e. The summed E-state index contributed by atoms with van der Waals surface area (Å²) in [6, 6.07) is 68.4. The van der Waals surface area contributed by atoms with Crippen molar-refractivity contribution in [3.8, 4) is 66.8 Å². The molecule has 0 fully saturated rings. The van der Waals surface area contributed by atoms with E-state index in [4.69, 9.17) is 4.42 Å². The Hall–Kier alpha value is -7.07. The average Bonchev–Trinajstić information content (AvgIpc) is 3.84. The summed E-state index contributed by atoms with van der Waals surface area (Å²) in [5.41, 5.74) is 16.0. The van der Waals surface area contributed by atoms with Gasteiger partial charge in [-0.1, -0.05) is 121 Å². The Bertz CT molecular complexity index is 3060. The van der Waals surface area contributed by atoms with E-state index in [-0.39, 0.29) is 0 Å². The van der Waals surface area contributed by atoms with Gasteiger partial charge in [-0.2, -0.15) is 0 Å². The maximum atomic E-state index is 6.03. The van der Waals surface area contributed by atoms with E-state index < -0.39 is 0 Å². The van der Waals surface area contributed by atoms with Crippen molar-refractivity contribution in [1.82, 2.24) is 4.98 Å². The lowest BCUT2D eigenvalue weighted by Crippen LogP contribution is -1.86. The van der Waals surface area contributed by atoms with E-state index in [9.17, 15) is 0 Å². The van der Waals surface area contributed by atoms with E-state index in [2.05, 4.69) is 187 Å². The van der Waals surface area contributed by atoms with Crippen LogP contribution in [0.5, 0.6) is 0 Å². The lowest BCUT2D eigenvalue weighted by atomic mass is 9.93. The molecule has 3 heterocycles. The molecule has 0 aliphatic carbocycles. The Morgan fingerprint density at radius 2 is 0.732 bits per heavy atom. The maximum absolute atomic E-state index is 6.03. The van der Waals surface area contributed by atoms with Crippen molar-refractivity contribution in [1.29, 1.82) is 0 Å². The monoisotopic (exact) mass is 731 g/mol. The third kappa shape index (κ3) is 5.78. The number of hydrogen-bond donors (Lipinski definition) is 0. The summed E-state index contributed by atoms with van der Waals surface area (Å²) in [5, 5.41) is 4.84. The molecule has 0 atom stereocenters. The highest BCUT2D eigenvalue weighted by Gasteiger charge is 2.12. The summed E-state index contributed by atoms with van der Waals surface area (Å²) in [7, 11) is 0. The highest BCUT2D eigenvalue weighted by Crippen LogP contribution is 2.38. The number of aromatic nitrogens is 1. The molecule has 2 nitrogen and oxygen atoms in total. The van der Waals surface area contributed by atoms with Crippen LogP contribution in [0.4, 0.5) is 0 Å². The molecule has 56 heavy (non-hydrogen) atoms. The van der Waals surface area contributed by atoms with Crippen LogP contribution in [-0.4, -0.2) is 4.98 Å². The van der Waals surface area contributed by atoms with Gasteiger partial charge < -0.3 is 4.42 Å². The number of fused-ring (bicyclic) bond motifs is 6. The molecule has 262 valence electrons. The molecule has 8 aromatic carbocycles. The first-order valence-corrected chi connectivity index (χ1v) is 19.7. The first kappa shape index (κ1) is 32.4. The second-order valence-corrected chi connectivity index (χ2v) is 15.5. The Kier molecular flexibility index (Phi) is 7.72. The normalized spacial score (nSPS) is 11.6. The number of thiophene rings is 1. The van der Waals surface area contributed by atoms with Gasteiger partial charge in [0.15, 0.2) is 5.58 Å². The zero-order chi connectivity index (χ0) is 37.0. The predicted molar refractivity (Wildman–Crippen MR) is 237 cm³/mol. The van der Waals surface area contributed by atoms with Crippen molar-refractivity contribution in [2.24, 2.45) is 0 Å². The molecule has 0 aliphatic rings. The van der Waals surface area contributed by atoms with Gasteiger partial charge in [0.2, 0.25) is 0 Å². The van der Waals surface area contributed by atoms with Gasteiger partial charge in [-0.05, 0) is 133 Å². The van der Waals surface area contributed by atoms with Gasteiger partial charge >= 0.3 is 0 Å². The SMILES string of the molecule is c1cc(-c2cccc(-c3cccc(-c4ccc5oc6cnccc6c5c4)c3)c2)cc(-c2cccc(-c3cccc(-c4ccc5sc6ccccc6c5c4)c3)c2)c1. The topological polar surface area (TPSA) is 26.0 Å². The van der Waals surface area contributed by atoms with E-state index in [1.165, 1.54) is 81.4 Å². The highest BCUT2D eigenvalue weighted by atomic mass is 32.1. The van der Waals surface area contributed by atoms with Crippen molar-refractivity contribution in [3.63, 3.8) is 0 Å². The van der Waals surface area contributed by atoms with Crippen LogP contribution in [0.3, 0.4) is 0 Å². The van der Waals surface area contributed by atoms with E-state index in [1.807, 2.05) is 23.6 Å². The van der Waals surface area contributed by atoms with Crippen molar-refractivity contribution in [2.45, 2.75) is 0 Å². The minimum absolute atomic E-state index is 0.810. The van der Waals surface area contributed by atoms with Gasteiger partial charge in [-0.15, -0.1) is 11.3 Å². The molecule has 3 aromatic heterocycles. The van der Waals surface area contributed by atoms with E-state index >= 15 is 0 Å². The van der Waals surface area contributed by atoms with Crippen LogP contribution in [0.1, 0.15) is 0 Å². The van der Waals surface area contributed by atoms with Crippen LogP contribution in [0, 0.1) is 0 Å². The third-order valence-electron chi connectivity index (χ3n) is 11.0. The molecule has 0 saturated carbocycles. The summed E-state index contributed by atoms with van der Waals surface area (Å²) in [6.45, 7) is 0. The lowest BCUT2D eigenvalue weighted by Gasteiger charge is -2.11. The van der Waals surface area contributed by atoms with E-state index in [1.54, 1.807) is 6.20 Å². The zero-order valence-corrected chi connectivity index (χ0v) is 31.1. The van der Waals surface area contributed by atoms with Gasteiger partial charge in [-0.25, -0.2) is 0 Å². The van der Waals surface area contributed by atoms with Gasteiger partial charge in [0.25, 0.3) is 0 Å². The van der Waals surface area contributed by atoms with Gasteiger partial charge in [0.1, 0.15) is 5.58 Å². The first-order chi connectivity index (χ1) is 27.7. The third-order valence-corrected chi connectivity index (χ3v) is 12.1. The van der Waals surface area contributed by atoms with Gasteiger partial charge in [-0.3, -0.25) is 4.98 Å². The largest absolute Gasteiger partial charge is 0.454 e. The van der Waals surface area contributed by atoms with Crippen LogP contribution >= 0.6 is 11.3 Å². The zero-order valence-electron chi connectivity index (χ0n) is 30.3. The Labute approximate surface area is 328 Å². The van der Waals surface area contributed by atoms with Crippen LogP contribution in [-0.2, 0) is 0 Å². The fourth-order valence-corrected chi connectivity index (χ4v) is 9.19. The number of furan rings is 1. The van der Waals surface area contributed by atoms with Crippen LogP contribution in [0.25, 0.3) is 109 Å². The van der Waals surface area contributed by atoms with E-state index in [0.717, 1.165) is 27.5 Å². The van der Waals surface area contributed by atoms with E-state index in [0.29, 0.717) is 0 Å². The summed E-state index contributed by atoms with van der Waals surface area (Å²) >= 11 is 1.86. The fourth-order valence-electron chi connectivity index (χ4n) is 8.11. The summed E-state index contributed by atoms with van der Waals surface area (Å²) < 4.78 is 8.69. The molecule has 0 saturated heterocycles. The van der Waals surface area contributed by atoms with Crippen molar-refractivity contribution in [2.75, 3.05) is 0 Å². The smallest absolute Gasteiger partial charge is 0.153 e. The molecule has 0 radical (unpaired) electrons. The molecule has 3 heteroatoms. The Morgan fingerprint density at radius 1 is 0.304 bits per heavy atom. The number of pyridine rings is 1. The molecular formula is C53H33NOS. The lowest BCUT2D eigenvalue weighted by molar-refractivity contribution is 0.667. The second kappa shape index (κ2) is 13.3. The van der Waals surface area contributed by atoms with Gasteiger partial charge in [0, 0.05) is 37.1 Å². The number of benzene rings is 8. The van der Waals surface area contributed by atoms with Crippen molar-refractivity contribution < 1.29 is 4.42 Å².